The smallest absolute Gasteiger partial charge is 0.382 e. The molecule has 2 aromatic rings. The maximum Gasteiger partial charge on any atom is 0.417 e. The Morgan fingerprint density at radius 2 is 1.86 bits per heavy atom. The first-order chi connectivity index (χ1) is 17.4. The van der Waals surface area contributed by atoms with Gasteiger partial charge in [0.1, 0.15) is 0 Å². The third-order valence-corrected chi connectivity index (χ3v) is 6.53. The minimum atomic E-state index is -4.59. The number of amides is 2. The zero-order chi connectivity index (χ0) is 27.0. The molecule has 0 unspecified atom stereocenters. The number of aromatic nitrogens is 3. The van der Waals surface area contributed by atoms with Crippen LogP contribution in [0.4, 0.5) is 24.8 Å². The molecule has 12 nitrogen and oxygen atoms in total. The number of anilines is 2. The molecule has 0 atom stereocenters. The van der Waals surface area contributed by atoms with Crippen molar-refractivity contribution in [3.63, 3.8) is 0 Å². The van der Waals surface area contributed by atoms with Gasteiger partial charge in [0.2, 0.25) is 5.91 Å². The van der Waals surface area contributed by atoms with Gasteiger partial charge in [-0.15, -0.1) is 0 Å². The van der Waals surface area contributed by atoms with Gasteiger partial charge in [-0.3, -0.25) is 14.4 Å². The van der Waals surface area contributed by atoms with Gasteiger partial charge in [0.25, 0.3) is 5.56 Å². The molecule has 0 aromatic carbocycles. The Morgan fingerprint density at radius 1 is 1.16 bits per heavy atom. The van der Waals surface area contributed by atoms with E-state index < -0.39 is 28.7 Å². The largest absolute Gasteiger partial charge is 0.417 e. The van der Waals surface area contributed by atoms with Crippen LogP contribution >= 0.6 is 11.6 Å². The second-order valence-electron chi connectivity index (χ2n) is 8.74. The average molecular weight is 542 g/mol. The number of nitrogen functional groups attached to an aromatic ring is 2. The Labute approximate surface area is 212 Å². The molecule has 0 aliphatic carbocycles. The van der Waals surface area contributed by atoms with Gasteiger partial charge in [-0.25, -0.2) is 9.97 Å². The lowest BCUT2D eigenvalue weighted by molar-refractivity contribution is -0.138. The van der Waals surface area contributed by atoms with E-state index in [2.05, 4.69) is 25.6 Å². The summed E-state index contributed by atoms with van der Waals surface area (Å²) in [6.07, 6.45) is -2.93. The molecular weight excluding hydrogens is 519 g/mol. The fourth-order valence-electron chi connectivity index (χ4n) is 4.15. The zero-order valence-corrected chi connectivity index (χ0v) is 20.1. The monoisotopic (exact) mass is 541 g/mol. The first-order valence-electron chi connectivity index (χ1n) is 11.2. The number of hydrogen-bond donors (Lipinski definition) is 4. The summed E-state index contributed by atoms with van der Waals surface area (Å²) in [6.45, 7) is 1.03. The number of halogens is 4. The van der Waals surface area contributed by atoms with E-state index in [4.69, 9.17) is 23.1 Å². The van der Waals surface area contributed by atoms with Gasteiger partial charge < -0.3 is 31.6 Å². The average Bonchev–Trinajstić information content (AvgIpc) is 3.21. The summed E-state index contributed by atoms with van der Waals surface area (Å²) in [5.74, 6) is -1.14. The van der Waals surface area contributed by atoms with E-state index >= 15 is 0 Å². The van der Waals surface area contributed by atoms with Crippen molar-refractivity contribution in [2.24, 2.45) is 4.99 Å². The van der Waals surface area contributed by atoms with Crippen molar-refractivity contribution in [1.82, 2.24) is 30.1 Å². The molecule has 4 rings (SSSR count). The summed E-state index contributed by atoms with van der Waals surface area (Å²) in [5, 5.41) is 6.02. The van der Waals surface area contributed by atoms with Crippen LogP contribution in [0.25, 0.3) is 0 Å². The maximum absolute atomic E-state index is 12.9. The lowest BCUT2D eigenvalue weighted by Gasteiger charge is -2.38. The van der Waals surface area contributed by atoms with Crippen molar-refractivity contribution in [2.45, 2.75) is 37.5 Å². The molecule has 2 aliphatic heterocycles. The number of alkyl halides is 3. The number of hydrogen-bond acceptors (Lipinski definition) is 7. The molecule has 198 valence electrons. The number of rotatable bonds is 4. The molecule has 2 aliphatic rings. The molecule has 0 bridgehead atoms. The lowest BCUT2D eigenvalue weighted by Crippen LogP contribution is -2.53. The van der Waals surface area contributed by atoms with Crippen LogP contribution in [0.1, 0.15) is 35.3 Å². The second kappa shape index (κ2) is 9.88. The third kappa shape index (κ3) is 5.76. The highest BCUT2D eigenvalue weighted by Crippen LogP contribution is 2.28. The molecule has 2 amide bonds. The lowest BCUT2D eigenvalue weighted by atomic mass is 9.88. The van der Waals surface area contributed by atoms with Crippen molar-refractivity contribution < 1.29 is 22.8 Å². The molecule has 2 fully saturated rings. The van der Waals surface area contributed by atoms with Crippen molar-refractivity contribution in [3.05, 3.63) is 45.1 Å². The molecule has 4 heterocycles. The van der Waals surface area contributed by atoms with Crippen LogP contribution in [-0.4, -0.2) is 62.4 Å². The Balaban J connectivity index is 1.33. The molecule has 2 aromatic heterocycles. The normalized spacial score (nSPS) is 18.1. The van der Waals surface area contributed by atoms with E-state index in [0.29, 0.717) is 44.7 Å². The van der Waals surface area contributed by atoms with Gasteiger partial charge in [0.15, 0.2) is 28.4 Å². The van der Waals surface area contributed by atoms with Crippen LogP contribution in [0.15, 0.2) is 28.1 Å². The molecular formula is C21H23ClF3N9O3. The summed E-state index contributed by atoms with van der Waals surface area (Å²) in [5.41, 5.74) is 8.94. The quantitative estimate of drug-likeness (QED) is 0.432. The van der Waals surface area contributed by atoms with E-state index in [0.717, 1.165) is 10.6 Å². The number of aryl methyl sites for hydroxylation is 1. The topological polar surface area (TPSA) is 174 Å². The molecule has 0 saturated carbocycles. The number of piperidine rings is 1. The number of aliphatic imine (C=N–C) groups is 1. The number of likely N-dealkylation sites (tertiary alicyclic amines) is 1. The van der Waals surface area contributed by atoms with Crippen LogP contribution in [0.5, 0.6) is 0 Å². The van der Waals surface area contributed by atoms with Gasteiger partial charge in [0.05, 0.1) is 11.1 Å². The van der Waals surface area contributed by atoms with Crippen LogP contribution in [0.3, 0.4) is 0 Å². The number of carbonyl (C=O) groups is 2. The Morgan fingerprint density at radius 3 is 2.54 bits per heavy atom. The van der Waals surface area contributed by atoms with Crippen molar-refractivity contribution in [3.8, 4) is 0 Å². The number of carbonyl (C=O) groups excluding carboxylic acids is 2. The fourth-order valence-corrected chi connectivity index (χ4v) is 4.27. The number of nitrogens with two attached hydrogens (primary N) is 2. The summed E-state index contributed by atoms with van der Waals surface area (Å²) in [6, 6.07) is 1.55. The van der Waals surface area contributed by atoms with Gasteiger partial charge in [-0.05, 0) is 18.9 Å². The van der Waals surface area contributed by atoms with Crippen LogP contribution < -0.4 is 27.7 Å². The number of nitrogens with zero attached hydrogens (tertiary/aromatic N) is 5. The van der Waals surface area contributed by atoms with Crippen molar-refractivity contribution in [2.75, 3.05) is 31.1 Å². The van der Waals surface area contributed by atoms with Gasteiger partial charge in [-0.1, -0.05) is 11.6 Å². The SMILES string of the molecule is Nc1nc(N)c(C(=O)/N=C2\NCC3(CCN(C(=O)CCn4cc(C(F)(F)F)ccc4=O)CC3)N2)nc1Cl. The summed E-state index contributed by atoms with van der Waals surface area (Å²) in [4.78, 5) is 50.2. The third-order valence-electron chi connectivity index (χ3n) is 6.25. The zero-order valence-electron chi connectivity index (χ0n) is 19.3. The summed E-state index contributed by atoms with van der Waals surface area (Å²) >= 11 is 5.81. The number of pyridine rings is 1. The Bertz CT molecular complexity index is 1320. The summed E-state index contributed by atoms with van der Waals surface area (Å²) in [7, 11) is 0. The van der Waals surface area contributed by atoms with E-state index in [-0.39, 0.29) is 47.3 Å². The van der Waals surface area contributed by atoms with Crippen LogP contribution in [0, 0.1) is 0 Å². The molecule has 16 heteroatoms. The first-order valence-corrected chi connectivity index (χ1v) is 11.5. The molecule has 1 spiro atoms. The van der Waals surface area contributed by atoms with Gasteiger partial charge in [-0.2, -0.15) is 18.2 Å². The number of guanidine groups is 1. The first kappa shape index (κ1) is 26.2. The molecule has 0 radical (unpaired) electrons. The predicted octanol–water partition coefficient (Wildman–Crippen LogP) is 0.615. The minimum Gasteiger partial charge on any atom is -0.382 e. The van der Waals surface area contributed by atoms with E-state index in [1.807, 2.05) is 0 Å². The van der Waals surface area contributed by atoms with Crippen molar-refractivity contribution >= 4 is 41.0 Å². The second-order valence-corrected chi connectivity index (χ2v) is 9.09. The minimum absolute atomic E-state index is 0.109. The molecule has 37 heavy (non-hydrogen) atoms. The van der Waals surface area contributed by atoms with E-state index in [9.17, 15) is 27.6 Å². The standard InChI is InChI=1S/C21H23ClF3N9O3/c22-15-17(27)30-16(26)14(29-15)18(37)31-19-28-10-20(32-19)4-7-33(8-5-20)13(36)3-6-34-9-11(21(23,24)25)1-2-12(34)35/h1-2,9H,3-8,10H2,(H4,26,27,30)(H2,28,31,32,37). The highest BCUT2D eigenvalue weighted by atomic mass is 35.5. The fraction of sp³-hybridized carbons (Fsp3) is 0.429. The van der Waals surface area contributed by atoms with Crippen LogP contribution in [-0.2, 0) is 17.5 Å². The van der Waals surface area contributed by atoms with Crippen LogP contribution in [0.2, 0.25) is 5.15 Å². The molecule has 2 saturated heterocycles. The highest BCUT2D eigenvalue weighted by Gasteiger charge is 2.40. The highest BCUT2D eigenvalue weighted by molar-refractivity contribution is 6.31. The Kier molecular flexibility index (Phi) is 6.99. The van der Waals surface area contributed by atoms with Gasteiger partial charge >= 0.3 is 12.1 Å². The maximum atomic E-state index is 12.9. The summed E-state index contributed by atoms with van der Waals surface area (Å²) < 4.78 is 39.6. The Hall–Kier alpha value is -3.88. The molecule has 6 N–H and O–H groups in total. The van der Waals surface area contributed by atoms with Gasteiger partial charge in [0, 0.05) is 44.9 Å². The van der Waals surface area contributed by atoms with E-state index in [1.54, 1.807) is 4.90 Å². The number of nitrogens with one attached hydrogen (secondary N) is 2. The van der Waals surface area contributed by atoms with Crippen molar-refractivity contribution in [1.29, 1.82) is 0 Å². The predicted molar refractivity (Wildman–Crippen MR) is 128 cm³/mol. The van der Waals surface area contributed by atoms with E-state index in [1.165, 1.54) is 0 Å².